The number of methoxy groups -OCH3 is 1. The Morgan fingerprint density at radius 3 is 2.03 bits per heavy atom. The number of aliphatic hydroxyl groups is 1. The number of alkyl carbamates (subject to hydrolysis) is 1. The second-order valence-corrected chi connectivity index (χ2v) is 10.5. The van der Waals surface area contributed by atoms with Crippen molar-refractivity contribution in [1.29, 1.82) is 0 Å². The van der Waals surface area contributed by atoms with Crippen LogP contribution in [-0.2, 0) is 14.3 Å². The molecular weight excluding hydrogens is 490 g/mol. The van der Waals surface area contributed by atoms with E-state index in [-0.39, 0.29) is 5.75 Å². The second kappa shape index (κ2) is 12.6. The van der Waals surface area contributed by atoms with Crippen molar-refractivity contribution in [3.05, 3.63) is 54.1 Å². The zero-order valence-electron chi connectivity index (χ0n) is 23.1. The molecule has 2 aromatic rings. The van der Waals surface area contributed by atoms with Crippen LogP contribution in [0.1, 0.15) is 59.6 Å². The Bertz CT molecular complexity index is 1090. The van der Waals surface area contributed by atoms with Crippen LogP contribution in [0.4, 0.5) is 10.5 Å². The van der Waals surface area contributed by atoms with Crippen LogP contribution in [0.3, 0.4) is 0 Å². The summed E-state index contributed by atoms with van der Waals surface area (Å²) in [5.41, 5.74) is -0.799. The van der Waals surface area contributed by atoms with Gasteiger partial charge in [-0.3, -0.25) is 9.59 Å². The summed E-state index contributed by atoms with van der Waals surface area (Å²) >= 11 is 0. The van der Waals surface area contributed by atoms with Gasteiger partial charge in [0, 0.05) is 11.2 Å². The number of ether oxygens (including phenoxy) is 2. The molecule has 2 unspecified atom stereocenters. The van der Waals surface area contributed by atoms with E-state index in [0.29, 0.717) is 23.4 Å². The number of aromatic hydroxyl groups is 1. The number of carbonyl (C=O) groups excluding carboxylic acids is 3. The van der Waals surface area contributed by atoms with Gasteiger partial charge in [-0.1, -0.05) is 19.1 Å². The molecule has 38 heavy (non-hydrogen) atoms. The number of hydrogen-bond donors (Lipinski definition) is 4. The SMILES string of the molecule is CCC(C)(C)N(C(=O)C(CO)NC(=O)OC(C)(C)C)C(C(=O)Nc1ccc(OC)cc1)c1ccc(O)cc1. The van der Waals surface area contributed by atoms with E-state index in [2.05, 4.69) is 10.6 Å². The number of carbonyl (C=O) groups is 3. The Morgan fingerprint density at radius 1 is 0.974 bits per heavy atom. The summed E-state index contributed by atoms with van der Waals surface area (Å²) in [5.74, 6) is -0.589. The minimum atomic E-state index is -1.37. The average Bonchev–Trinajstić information content (AvgIpc) is 2.85. The lowest BCUT2D eigenvalue weighted by molar-refractivity contribution is -0.148. The molecule has 0 aliphatic heterocycles. The van der Waals surface area contributed by atoms with Gasteiger partial charge in [0.1, 0.15) is 29.2 Å². The van der Waals surface area contributed by atoms with Gasteiger partial charge < -0.3 is 35.2 Å². The first-order valence-corrected chi connectivity index (χ1v) is 12.4. The lowest BCUT2D eigenvalue weighted by Gasteiger charge is -2.44. The Kier molecular flexibility index (Phi) is 10.1. The normalized spacial score (nSPS) is 13.2. The van der Waals surface area contributed by atoms with Gasteiger partial charge in [0.05, 0.1) is 13.7 Å². The number of amides is 3. The van der Waals surface area contributed by atoms with Gasteiger partial charge in [0.15, 0.2) is 0 Å². The number of aliphatic hydroxyl groups excluding tert-OH is 1. The molecule has 0 bridgehead atoms. The zero-order chi connectivity index (χ0) is 28.7. The molecule has 0 fully saturated rings. The summed E-state index contributed by atoms with van der Waals surface area (Å²) in [6, 6.07) is 10.1. The highest BCUT2D eigenvalue weighted by Gasteiger charge is 2.43. The number of phenols is 1. The molecular formula is C28H39N3O7. The standard InChI is InChI=1S/C28H39N3O7/c1-8-28(5,6)31(25(35)22(17-32)30-26(36)38-27(2,3)4)23(18-9-13-20(33)14-10-18)24(34)29-19-11-15-21(37-7)16-12-19/h9-16,22-23,32-33H,8,17H2,1-7H3,(H,29,34)(H,30,36). The molecule has 4 N–H and O–H groups in total. The topological polar surface area (TPSA) is 137 Å². The fourth-order valence-corrected chi connectivity index (χ4v) is 3.71. The summed E-state index contributed by atoms with van der Waals surface area (Å²) in [5, 5.41) is 25.2. The summed E-state index contributed by atoms with van der Waals surface area (Å²) < 4.78 is 10.4. The van der Waals surface area contributed by atoms with Crippen LogP contribution in [0.25, 0.3) is 0 Å². The zero-order valence-corrected chi connectivity index (χ0v) is 23.1. The Balaban J connectivity index is 2.54. The van der Waals surface area contributed by atoms with Crippen molar-refractivity contribution in [2.75, 3.05) is 19.0 Å². The van der Waals surface area contributed by atoms with Crippen molar-refractivity contribution in [2.24, 2.45) is 0 Å². The highest BCUT2D eigenvalue weighted by molar-refractivity contribution is 5.99. The third-order valence-corrected chi connectivity index (χ3v) is 6.00. The average molecular weight is 530 g/mol. The number of nitrogens with one attached hydrogen (secondary N) is 2. The minimum absolute atomic E-state index is 0.00415. The van der Waals surface area contributed by atoms with Crippen LogP contribution in [0.5, 0.6) is 11.5 Å². The van der Waals surface area contributed by atoms with E-state index in [0.717, 1.165) is 0 Å². The lowest BCUT2D eigenvalue weighted by Crippen LogP contribution is -2.59. The highest BCUT2D eigenvalue weighted by atomic mass is 16.6. The molecule has 10 nitrogen and oxygen atoms in total. The molecule has 0 aliphatic rings. The smallest absolute Gasteiger partial charge is 0.408 e. The monoisotopic (exact) mass is 529 g/mol. The van der Waals surface area contributed by atoms with Crippen molar-refractivity contribution >= 4 is 23.6 Å². The molecule has 2 atom stereocenters. The van der Waals surface area contributed by atoms with Crippen molar-refractivity contribution < 1.29 is 34.1 Å². The molecule has 0 radical (unpaired) electrons. The second-order valence-electron chi connectivity index (χ2n) is 10.5. The summed E-state index contributed by atoms with van der Waals surface area (Å²) in [6.45, 7) is 9.78. The lowest BCUT2D eigenvalue weighted by atomic mass is 9.92. The molecule has 2 rings (SSSR count). The summed E-state index contributed by atoms with van der Waals surface area (Å²) in [6.07, 6.45) is -0.420. The van der Waals surface area contributed by atoms with Gasteiger partial charge in [-0.15, -0.1) is 0 Å². The maximum Gasteiger partial charge on any atom is 0.408 e. The van der Waals surface area contributed by atoms with Crippen LogP contribution in [0.15, 0.2) is 48.5 Å². The quantitative estimate of drug-likeness (QED) is 0.365. The highest BCUT2D eigenvalue weighted by Crippen LogP contribution is 2.33. The van der Waals surface area contributed by atoms with E-state index in [1.54, 1.807) is 71.0 Å². The largest absolute Gasteiger partial charge is 0.508 e. The third-order valence-electron chi connectivity index (χ3n) is 6.00. The van der Waals surface area contributed by atoms with Crippen molar-refractivity contribution in [2.45, 2.75) is 71.2 Å². The minimum Gasteiger partial charge on any atom is -0.508 e. The number of nitrogens with zero attached hydrogens (tertiary/aromatic N) is 1. The fourth-order valence-electron chi connectivity index (χ4n) is 3.71. The Morgan fingerprint density at radius 2 is 1.55 bits per heavy atom. The Labute approximate surface area is 223 Å². The number of benzene rings is 2. The first-order chi connectivity index (χ1) is 17.7. The molecule has 0 spiro atoms. The van der Waals surface area contributed by atoms with Crippen molar-refractivity contribution in [1.82, 2.24) is 10.2 Å². The van der Waals surface area contributed by atoms with Gasteiger partial charge in [-0.05, 0) is 83.0 Å². The van der Waals surface area contributed by atoms with Gasteiger partial charge in [-0.25, -0.2) is 4.79 Å². The number of anilines is 1. The van der Waals surface area contributed by atoms with E-state index in [1.807, 2.05) is 6.92 Å². The van der Waals surface area contributed by atoms with Crippen LogP contribution < -0.4 is 15.4 Å². The third kappa shape index (κ3) is 8.11. The molecule has 0 aliphatic carbocycles. The molecule has 0 heterocycles. The summed E-state index contributed by atoms with van der Waals surface area (Å²) in [7, 11) is 1.54. The maximum atomic E-state index is 14.0. The molecule has 0 saturated carbocycles. The van der Waals surface area contributed by atoms with Gasteiger partial charge in [0.25, 0.3) is 5.91 Å². The van der Waals surface area contributed by atoms with E-state index >= 15 is 0 Å². The van der Waals surface area contributed by atoms with Gasteiger partial charge in [0.2, 0.25) is 5.91 Å². The molecule has 10 heteroatoms. The van der Waals surface area contributed by atoms with E-state index < -0.39 is 47.7 Å². The van der Waals surface area contributed by atoms with Crippen LogP contribution in [0, 0.1) is 0 Å². The van der Waals surface area contributed by atoms with Crippen LogP contribution in [-0.4, -0.2) is 63.9 Å². The number of rotatable bonds is 10. The van der Waals surface area contributed by atoms with E-state index in [4.69, 9.17) is 9.47 Å². The number of hydrogen-bond acceptors (Lipinski definition) is 7. The van der Waals surface area contributed by atoms with E-state index in [1.165, 1.54) is 24.1 Å². The molecule has 3 amide bonds. The Hall–Kier alpha value is -3.79. The van der Waals surface area contributed by atoms with Gasteiger partial charge >= 0.3 is 6.09 Å². The first-order valence-electron chi connectivity index (χ1n) is 12.4. The predicted octanol–water partition coefficient (Wildman–Crippen LogP) is 3.98. The maximum absolute atomic E-state index is 14.0. The fraction of sp³-hybridized carbons (Fsp3) is 0.464. The van der Waals surface area contributed by atoms with Gasteiger partial charge in [-0.2, -0.15) is 0 Å². The van der Waals surface area contributed by atoms with Crippen LogP contribution >= 0.6 is 0 Å². The molecule has 208 valence electrons. The molecule has 0 aromatic heterocycles. The molecule has 2 aromatic carbocycles. The molecule has 0 saturated heterocycles. The number of phenolic OH excluding ortho intramolecular Hbond substituents is 1. The van der Waals surface area contributed by atoms with Crippen molar-refractivity contribution in [3.63, 3.8) is 0 Å². The van der Waals surface area contributed by atoms with Crippen molar-refractivity contribution in [3.8, 4) is 11.5 Å². The van der Waals surface area contributed by atoms with E-state index in [9.17, 15) is 24.6 Å². The summed E-state index contributed by atoms with van der Waals surface area (Å²) in [4.78, 5) is 41.6. The predicted molar refractivity (Wildman–Crippen MR) is 144 cm³/mol. The first kappa shape index (κ1) is 30.4. The van der Waals surface area contributed by atoms with Crippen LogP contribution in [0.2, 0.25) is 0 Å².